The van der Waals surface area contributed by atoms with Crippen molar-refractivity contribution in [3.05, 3.63) is 63.8 Å². The molecule has 1 heterocycles. The molecule has 3 rings (SSSR count). The number of carbonyl (C=O) groups excluding carboxylic acids is 1. The van der Waals surface area contributed by atoms with Crippen molar-refractivity contribution in [3.63, 3.8) is 0 Å². The minimum atomic E-state index is -4.78. The topological polar surface area (TPSA) is 94.9 Å². The number of nitrogens with two attached hydrogens (primary N) is 2. The zero-order valence-electron chi connectivity index (χ0n) is 13.6. The highest BCUT2D eigenvalue weighted by Crippen LogP contribution is 2.56. The smallest absolute Gasteiger partial charge is 0.404 e. The van der Waals surface area contributed by atoms with Crippen LogP contribution in [0.2, 0.25) is 5.15 Å². The number of benzene rings is 1. The maximum atomic E-state index is 13.5. The molecule has 0 spiro atoms. The number of primary amides is 1. The van der Waals surface area contributed by atoms with Crippen molar-refractivity contribution in [2.24, 2.45) is 11.5 Å². The fraction of sp³-hybridized carbons (Fsp3) is 0.235. The molecule has 1 fully saturated rings. The van der Waals surface area contributed by atoms with Gasteiger partial charge in [0.25, 0.3) is 5.91 Å². The van der Waals surface area contributed by atoms with Crippen molar-refractivity contribution in [2.45, 2.75) is 24.4 Å². The molecule has 0 bridgehead atoms. The van der Waals surface area contributed by atoms with Crippen LogP contribution < -0.4 is 11.5 Å². The van der Waals surface area contributed by atoms with E-state index in [2.05, 4.69) is 10.2 Å². The van der Waals surface area contributed by atoms with Gasteiger partial charge in [-0.2, -0.15) is 13.2 Å². The molecule has 142 valence electrons. The molecule has 0 radical (unpaired) electrons. The molecule has 1 aromatic carbocycles. The van der Waals surface area contributed by atoms with Crippen LogP contribution in [-0.4, -0.2) is 16.1 Å². The Morgan fingerprint density at radius 3 is 2.52 bits per heavy atom. The molecule has 2 atom stereocenters. The number of alkyl halides is 3. The van der Waals surface area contributed by atoms with Crippen LogP contribution in [0.25, 0.3) is 5.57 Å². The van der Waals surface area contributed by atoms with E-state index in [0.717, 1.165) is 18.3 Å². The van der Waals surface area contributed by atoms with Crippen LogP contribution in [0.4, 0.5) is 17.6 Å². The number of halogens is 5. The number of rotatable bonds is 4. The molecule has 27 heavy (non-hydrogen) atoms. The van der Waals surface area contributed by atoms with E-state index < -0.39 is 23.5 Å². The summed E-state index contributed by atoms with van der Waals surface area (Å²) >= 11 is 6.06. The normalized spacial score (nSPS) is 19.8. The third-order valence-corrected chi connectivity index (χ3v) is 4.69. The van der Waals surface area contributed by atoms with Gasteiger partial charge < -0.3 is 11.5 Å². The standard InChI is InChI=1S/C17H13ClF4N4O/c18-15-10(5-14(25-26-15)11(6-23)16(24)27)9-4-8(9)7-1-2-13(19)12(3-7)17(20,21)22/h1-3,5-6,8-9H,4,23H2,(H2,24,27)/b11-6-. The van der Waals surface area contributed by atoms with Gasteiger partial charge in [-0.25, -0.2) is 4.39 Å². The van der Waals surface area contributed by atoms with Gasteiger partial charge in [-0.05, 0) is 47.6 Å². The maximum Gasteiger partial charge on any atom is 0.419 e. The SMILES string of the molecule is N/C=C(\C(N)=O)c1cc(C2CC2c2ccc(F)c(C(F)(F)F)c2)c(Cl)nn1. The average Bonchev–Trinajstić information content (AvgIpc) is 3.36. The lowest BCUT2D eigenvalue weighted by Crippen LogP contribution is -2.15. The summed E-state index contributed by atoms with van der Waals surface area (Å²) < 4.78 is 52.2. The molecule has 4 N–H and O–H groups in total. The Bertz CT molecular complexity index is 945. The molecular formula is C17H13ClF4N4O. The van der Waals surface area contributed by atoms with Crippen LogP contribution in [0.3, 0.4) is 0 Å². The van der Waals surface area contributed by atoms with E-state index in [1.807, 2.05) is 0 Å². The second-order valence-electron chi connectivity index (χ2n) is 6.11. The minimum Gasteiger partial charge on any atom is -0.404 e. The summed E-state index contributed by atoms with van der Waals surface area (Å²) in [5, 5.41) is 7.59. The molecule has 1 aliphatic carbocycles. The van der Waals surface area contributed by atoms with E-state index in [9.17, 15) is 22.4 Å². The third kappa shape index (κ3) is 3.73. The fourth-order valence-corrected chi connectivity index (χ4v) is 3.21. The van der Waals surface area contributed by atoms with E-state index in [1.54, 1.807) is 0 Å². The molecule has 2 aromatic rings. The first-order valence-electron chi connectivity index (χ1n) is 7.75. The molecule has 0 aliphatic heterocycles. The Labute approximate surface area is 156 Å². The van der Waals surface area contributed by atoms with Crippen molar-refractivity contribution >= 4 is 23.1 Å². The van der Waals surface area contributed by atoms with E-state index in [0.29, 0.717) is 17.5 Å². The number of hydrogen-bond donors (Lipinski definition) is 2. The zero-order chi connectivity index (χ0) is 19.9. The predicted molar refractivity (Wildman–Crippen MR) is 89.9 cm³/mol. The number of aromatic nitrogens is 2. The summed E-state index contributed by atoms with van der Waals surface area (Å²) in [5.74, 6) is -2.67. The number of hydrogen-bond acceptors (Lipinski definition) is 4. The zero-order valence-corrected chi connectivity index (χ0v) is 14.4. The fourth-order valence-electron chi connectivity index (χ4n) is 2.97. The first-order valence-corrected chi connectivity index (χ1v) is 8.13. The van der Waals surface area contributed by atoms with Crippen molar-refractivity contribution < 1.29 is 22.4 Å². The van der Waals surface area contributed by atoms with Gasteiger partial charge in [0.2, 0.25) is 0 Å². The monoisotopic (exact) mass is 400 g/mol. The van der Waals surface area contributed by atoms with Gasteiger partial charge in [0, 0.05) is 6.20 Å². The molecule has 1 aromatic heterocycles. The molecule has 1 amide bonds. The Hall–Kier alpha value is -2.68. The molecule has 0 saturated heterocycles. The van der Waals surface area contributed by atoms with Crippen LogP contribution in [0, 0.1) is 5.82 Å². The van der Waals surface area contributed by atoms with Crippen LogP contribution in [-0.2, 0) is 11.0 Å². The lowest BCUT2D eigenvalue weighted by Gasteiger charge is -2.10. The van der Waals surface area contributed by atoms with Crippen LogP contribution in [0.1, 0.15) is 40.6 Å². The average molecular weight is 401 g/mol. The van der Waals surface area contributed by atoms with Gasteiger partial charge in [-0.3, -0.25) is 4.79 Å². The van der Waals surface area contributed by atoms with Crippen molar-refractivity contribution in [3.8, 4) is 0 Å². The second-order valence-corrected chi connectivity index (χ2v) is 6.46. The predicted octanol–water partition coefficient (Wildman–Crippen LogP) is 3.34. The quantitative estimate of drug-likeness (QED) is 0.607. The second kappa shape index (κ2) is 6.80. The van der Waals surface area contributed by atoms with Crippen LogP contribution >= 0.6 is 11.6 Å². The summed E-state index contributed by atoms with van der Waals surface area (Å²) in [6.07, 6.45) is -3.30. The van der Waals surface area contributed by atoms with Gasteiger partial charge in [-0.15, -0.1) is 10.2 Å². The van der Waals surface area contributed by atoms with Crippen LogP contribution in [0.5, 0.6) is 0 Å². The highest BCUT2D eigenvalue weighted by molar-refractivity contribution is 6.30. The Morgan fingerprint density at radius 2 is 1.93 bits per heavy atom. The maximum absolute atomic E-state index is 13.5. The Morgan fingerprint density at radius 1 is 1.22 bits per heavy atom. The summed E-state index contributed by atoms with van der Waals surface area (Å²) in [5.41, 5.74) is 10.2. The summed E-state index contributed by atoms with van der Waals surface area (Å²) in [7, 11) is 0. The Balaban J connectivity index is 1.92. The van der Waals surface area contributed by atoms with Crippen molar-refractivity contribution in [1.29, 1.82) is 0 Å². The van der Waals surface area contributed by atoms with Crippen LogP contribution in [0.15, 0.2) is 30.5 Å². The molecule has 2 unspecified atom stereocenters. The van der Waals surface area contributed by atoms with E-state index in [4.69, 9.17) is 23.1 Å². The molecule has 10 heteroatoms. The molecule has 5 nitrogen and oxygen atoms in total. The van der Waals surface area contributed by atoms with E-state index >= 15 is 0 Å². The molecular weight excluding hydrogens is 388 g/mol. The van der Waals surface area contributed by atoms with Gasteiger partial charge in [0.05, 0.1) is 11.1 Å². The van der Waals surface area contributed by atoms with Gasteiger partial charge in [-0.1, -0.05) is 17.7 Å². The van der Waals surface area contributed by atoms with Crippen molar-refractivity contribution in [1.82, 2.24) is 10.2 Å². The molecule has 1 aliphatic rings. The third-order valence-electron chi connectivity index (χ3n) is 4.40. The highest BCUT2D eigenvalue weighted by atomic mass is 35.5. The first kappa shape index (κ1) is 19.1. The minimum absolute atomic E-state index is 0.0567. The van der Waals surface area contributed by atoms with E-state index in [-0.39, 0.29) is 28.3 Å². The number of carbonyl (C=O) groups is 1. The molecule has 1 saturated carbocycles. The van der Waals surface area contributed by atoms with Gasteiger partial charge in [0.15, 0.2) is 5.15 Å². The number of nitrogens with zero attached hydrogens (tertiary/aromatic N) is 2. The summed E-state index contributed by atoms with van der Waals surface area (Å²) in [6, 6.07) is 4.40. The largest absolute Gasteiger partial charge is 0.419 e. The lowest BCUT2D eigenvalue weighted by atomic mass is 10.0. The summed E-state index contributed by atoms with van der Waals surface area (Å²) in [4.78, 5) is 11.4. The number of amides is 1. The summed E-state index contributed by atoms with van der Waals surface area (Å²) in [6.45, 7) is 0. The van der Waals surface area contributed by atoms with Crippen molar-refractivity contribution in [2.75, 3.05) is 0 Å². The van der Waals surface area contributed by atoms with Gasteiger partial charge in [0.1, 0.15) is 11.5 Å². The van der Waals surface area contributed by atoms with E-state index in [1.165, 1.54) is 12.1 Å². The Kier molecular flexibility index (Phi) is 4.81. The lowest BCUT2D eigenvalue weighted by molar-refractivity contribution is -0.140. The van der Waals surface area contributed by atoms with Gasteiger partial charge >= 0.3 is 6.18 Å². The highest BCUT2D eigenvalue weighted by Gasteiger charge is 2.43. The first-order chi connectivity index (χ1) is 12.6.